The highest BCUT2D eigenvalue weighted by atomic mass is 16.6. The molecule has 0 spiro atoms. The Labute approximate surface area is 178 Å². The molecule has 8 heteroatoms. The molecule has 0 aliphatic carbocycles. The maximum absolute atomic E-state index is 12.2. The number of para-hydroxylation sites is 2. The molecule has 0 saturated heterocycles. The third-order valence-corrected chi connectivity index (χ3v) is 4.09. The van der Waals surface area contributed by atoms with E-state index in [0.717, 1.165) is 0 Å². The molecule has 0 radical (unpaired) electrons. The van der Waals surface area contributed by atoms with Crippen LogP contribution in [-0.2, 0) is 4.79 Å². The van der Waals surface area contributed by atoms with E-state index in [9.17, 15) is 14.4 Å². The Hall–Kier alpha value is -4.07. The Balaban J connectivity index is 1.69. The number of benzene rings is 2. The minimum absolute atomic E-state index is 0.125. The van der Waals surface area contributed by atoms with Crippen molar-refractivity contribution in [2.75, 3.05) is 19.8 Å². The van der Waals surface area contributed by atoms with Crippen molar-refractivity contribution in [2.24, 2.45) is 0 Å². The predicted octanol–water partition coefficient (Wildman–Crippen LogP) is 3.09. The lowest BCUT2D eigenvalue weighted by atomic mass is 10.1. The third kappa shape index (κ3) is 5.51. The lowest BCUT2D eigenvalue weighted by Gasteiger charge is -2.11. The van der Waals surface area contributed by atoms with Crippen LogP contribution in [0.5, 0.6) is 17.2 Å². The quantitative estimate of drug-likeness (QED) is 0.244. The van der Waals surface area contributed by atoms with Crippen LogP contribution in [-0.4, -0.2) is 31.6 Å². The average Bonchev–Trinajstić information content (AvgIpc) is 2.76. The van der Waals surface area contributed by atoms with E-state index in [1.54, 1.807) is 30.3 Å². The summed E-state index contributed by atoms with van der Waals surface area (Å²) in [6, 6.07) is 12.9. The molecule has 3 aromatic rings. The van der Waals surface area contributed by atoms with Gasteiger partial charge < -0.3 is 23.9 Å². The number of carbonyl (C=O) groups is 2. The van der Waals surface area contributed by atoms with Crippen LogP contribution in [0, 0.1) is 0 Å². The van der Waals surface area contributed by atoms with Gasteiger partial charge in [-0.25, -0.2) is 9.59 Å². The lowest BCUT2D eigenvalue weighted by molar-refractivity contribution is -0.136. The Bertz CT molecular complexity index is 1170. The van der Waals surface area contributed by atoms with E-state index in [1.807, 2.05) is 6.92 Å². The van der Waals surface area contributed by atoms with Gasteiger partial charge in [-0.15, -0.1) is 6.58 Å². The van der Waals surface area contributed by atoms with Gasteiger partial charge in [0.25, 0.3) is 5.91 Å². The van der Waals surface area contributed by atoms with Gasteiger partial charge in [-0.2, -0.15) is 0 Å². The first-order chi connectivity index (χ1) is 15.0. The van der Waals surface area contributed by atoms with Crippen molar-refractivity contribution < 1.29 is 28.2 Å². The first-order valence-electron chi connectivity index (χ1n) is 9.54. The minimum atomic E-state index is -0.798. The van der Waals surface area contributed by atoms with Crippen molar-refractivity contribution in [1.82, 2.24) is 5.32 Å². The molecular formula is C23H21NO7. The number of rotatable bonds is 9. The largest absolute Gasteiger partial charge is 0.490 e. The van der Waals surface area contributed by atoms with E-state index in [-0.39, 0.29) is 30.0 Å². The number of amides is 1. The van der Waals surface area contributed by atoms with Crippen molar-refractivity contribution in [3.05, 3.63) is 77.2 Å². The summed E-state index contributed by atoms with van der Waals surface area (Å²) >= 11 is 0. The summed E-state index contributed by atoms with van der Waals surface area (Å²) < 4.78 is 21.4. The van der Waals surface area contributed by atoms with Crippen molar-refractivity contribution in [3.8, 4) is 17.2 Å². The fourth-order valence-electron chi connectivity index (χ4n) is 2.72. The van der Waals surface area contributed by atoms with E-state index in [1.165, 1.54) is 24.3 Å². The van der Waals surface area contributed by atoms with Gasteiger partial charge in [0.05, 0.1) is 6.61 Å². The van der Waals surface area contributed by atoms with E-state index in [0.29, 0.717) is 23.5 Å². The molecule has 0 saturated carbocycles. The molecule has 0 aliphatic heterocycles. The zero-order valence-corrected chi connectivity index (χ0v) is 16.9. The van der Waals surface area contributed by atoms with Crippen molar-refractivity contribution in [3.63, 3.8) is 0 Å². The number of esters is 1. The SMILES string of the molecule is C=CCNC(=O)c1cc2ccc(OC(=O)COc3ccccc3OCC)cc2oc1=O. The Morgan fingerprint density at radius 1 is 1.10 bits per heavy atom. The molecule has 0 unspecified atom stereocenters. The fourth-order valence-corrected chi connectivity index (χ4v) is 2.72. The number of carbonyl (C=O) groups excluding carboxylic acids is 2. The first kappa shape index (κ1) is 21.6. The molecular weight excluding hydrogens is 402 g/mol. The second-order valence-electron chi connectivity index (χ2n) is 6.29. The highest BCUT2D eigenvalue weighted by Gasteiger charge is 2.15. The van der Waals surface area contributed by atoms with Gasteiger partial charge in [-0.05, 0) is 37.3 Å². The maximum Gasteiger partial charge on any atom is 0.349 e. The number of nitrogens with one attached hydrogen (secondary N) is 1. The van der Waals surface area contributed by atoms with Crippen LogP contribution in [0.15, 0.2) is 70.4 Å². The summed E-state index contributed by atoms with van der Waals surface area (Å²) in [6.45, 7) is 5.70. The molecule has 0 atom stereocenters. The van der Waals surface area contributed by atoms with Gasteiger partial charge in [-0.3, -0.25) is 4.79 Å². The van der Waals surface area contributed by atoms with Crippen LogP contribution < -0.4 is 25.2 Å². The summed E-state index contributed by atoms with van der Waals surface area (Å²) in [5.74, 6) is -0.0820. The number of ether oxygens (including phenoxy) is 3. The molecule has 1 aromatic heterocycles. The summed E-state index contributed by atoms with van der Waals surface area (Å²) in [4.78, 5) is 36.3. The second kappa shape index (κ2) is 10.1. The molecule has 1 N–H and O–H groups in total. The summed E-state index contributed by atoms with van der Waals surface area (Å²) in [7, 11) is 0. The van der Waals surface area contributed by atoms with E-state index >= 15 is 0 Å². The monoisotopic (exact) mass is 423 g/mol. The predicted molar refractivity (Wildman–Crippen MR) is 114 cm³/mol. The van der Waals surface area contributed by atoms with Gasteiger partial charge in [0, 0.05) is 18.0 Å². The second-order valence-corrected chi connectivity index (χ2v) is 6.29. The van der Waals surface area contributed by atoms with Crippen molar-refractivity contribution in [2.45, 2.75) is 6.92 Å². The van der Waals surface area contributed by atoms with Gasteiger partial charge in [0.1, 0.15) is 16.9 Å². The first-order valence-corrected chi connectivity index (χ1v) is 9.54. The Kier molecular flexibility index (Phi) is 7.05. The molecule has 0 fully saturated rings. The van der Waals surface area contributed by atoms with E-state index < -0.39 is 17.5 Å². The highest BCUT2D eigenvalue weighted by molar-refractivity contribution is 5.96. The standard InChI is InChI=1S/C23H21NO7/c1-3-11-24-22(26)17-12-15-9-10-16(13-20(15)31-23(17)27)30-21(25)14-29-19-8-6-5-7-18(19)28-4-2/h3,5-10,12-13H,1,4,11,14H2,2H3,(H,24,26). The molecule has 160 valence electrons. The van der Waals surface area contributed by atoms with Crippen LogP contribution >= 0.6 is 0 Å². The van der Waals surface area contributed by atoms with E-state index in [4.69, 9.17) is 18.6 Å². The molecule has 8 nitrogen and oxygen atoms in total. The van der Waals surface area contributed by atoms with Crippen LogP contribution in [0.4, 0.5) is 0 Å². The van der Waals surface area contributed by atoms with E-state index in [2.05, 4.69) is 11.9 Å². The van der Waals surface area contributed by atoms with Crippen LogP contribution in [0.3, 0.4) is 0 Å². The third-order valence-electron chi connectivity index (χ3n) is 4.09. The normalized spacial score (nSPS) is 10.4. The molecule has 1 amide bonds. The zero-order valence-electron chi connectivity index (χ0n) is 16.9. The fraction of sp³-hybridized carbons (Fsp3) is 0.174. The summed E-state index contributed by atoms with van der Waals surface area (Å²) in [6.07, 6.45) is 1.50. The average molecular weight is 423 g/mol. The maximum atomic E-state index is 12.2. The molecule has 1 heterocycles. The van der Waals surface area contributed by atoms with Crippen molar-refractivity contribution in [1.29, 1.82) is 0 Å². The van der Waals surface area contributed by atoms with Gasteiger partial charge >= 0.3 is 11.6 Å². The Morgan fingerprint density at radius 3 is 2.55 bits per heavy atom. The van der Waals surface area contributed by atoms with Crippen LogP contribution in [0.25, 0.3) is 11.0 Å². The van der Waals surface area contributed by atoms with Gasteiger partial charge in [0.2, 0.25) is 0 Å². The molecule has 31 heavy (non-hydrogen) atoms. The minimum Gasteiger partial charge on any atom is -0.490 e. The Morgan fingerprint density at radius 2 is 1.84 bits per heavy atom. The topological polar surface area (TPSA) is 104 Å². The molecule has 0 aliphatic rings. The van der Waals surface area contributed by atoms with Gasteiger partial charge in [0.15, 0.2) is 18.1 Å². The smallest absolute Gasteiger partial charge is 0.349 e. The number of hydrogen-bond acceptors (Lipinski definition) is 7. The number of fused-ring (bicyclic) bond motifs is 1. The molecule has 2 aromatic carbocycles. The number of hydrogen-bond donors (Lipinski definition) is 1. The van der Waals surface area contributed by atoms with Crippen molar-refractivity contribution >= 4 is 22.8 Å². The lowest BCUT2D eigenvalue weighted by Crippen LogP contribution is -2.28. The van der Waals surface area contributed by atoms with Gasteiger partial charge in [-0.1, -0.05) is 18.2 Å². The summed E-state index contributed by atoms with van der Waals surface area (Å²) in [5.41, 5.74) is -0.743. The molecule has 0 bridgehead atoms. The van der Waals surface area contributed by atoms with Crippen LogP contribution in [0.2, 0.25) is 0 Å². The zero-order chi connectivity index (χ0) is 22.2. The van der Waals surface area contributed by atoms with Crippen LogP contribution in [0.1, 0.15) is 17.3 Å². The molecule has 3 rings (SSSR count). The highest BCUT2D eigenvalue weighted by Crippen LogP contribution is 2.26. The summed E-state index contributed by atoms with van der Waals surface area (Å²) in [5, 5.41) is 3.03.